The minimum atomic E-state index is 0.0540. The highest BCUT2D eigenvalue weighted by atomic mass is 32.1. The molecule has 4 rings (SSSR count). The number of para-hydroxylation sites is 1. The number of allylic oxidation sites excluding steroid dienone is 1. The van der Waals surface area contributed by atoms with Crippen molar-refractivity contribution in [3.05, 3.63) is 74.8 Å². The molecule has 0 spiro atoms. The monoisotopic (exact) mass is 308 g/mol. The molecule has 0 saturated carbocycles. The smallest absolute Gasteiger partial charge is 0.200 e. The summed E-state index contributed by atoms with van der Waals surface area (Å²) in [4.78, 5) is 14.1. The van der Waals surface area contributed by atoms with Crippen molar-refractivity contribution in [1.82, 2.24) is 0 Å². The summed E-state index contributed by atoms with van der Waals surface area (Å²) in [5, 5.41) is 2.74. The highest BCUT2D eigenvalue weighted by molar-refractivity contribution is 7.10. The van der Waals surface area contributed by atoms with Crippen molar-refractivity contribution in [1.29, 1.82) is 0 Å². The predicted octanol–water partition coefficient (Wildman–Crippen LogP) is 4.84. The van der Waals surface area contributed by atoms with Crippen molar-refractivity contribution in [3.63, 3.8) is 0 Å². The van der Waals surface area contributed by atoms with Crippen molar-refractivity contribution >= 4 is 27.9 Å². The summed E-state index contributed by atoms with van der Waals surface area (Å²) in [6, 6.07) is 11.7. The first kappa shape index (κ1) is 13.5. The van der Waals surface area contributed by atoms with Gasteiger partial charge in [0.15, 0.2) is 5.43 Å². The molecule has 2 nitrogen and oxygen atoms in total. The van der Waals surface area contributed by atoms with E-state index in [0.717, 1.165) is 17.8 Å². The molecule has 0 saturated heterocycles. The molecule has 2 atom stereocenters. The molecule has 3 heteroatoms. The Balaban J connectivity index is 1.94. The Morgan fingerprint density at radius 2 is 2.05 bits per heavy atom. The molecule has 0 unspecified atom stereocenters. The van der Waals surface area contributed by atoms with Crippen LogP contribution >= 0.6 is 11.3 Å². The zero-order valence-electron chi connectivity index (χ0n) is 12.3. The molecule has 22 heavy (non-hydrogen) atoms. The van der Waals surface area contributed by atoms with E-state index < -0.39 is 0 Å². The highest BCUT2D eigenvalue weighted by Gasteiger charge is 2.33. The SMILES string of the molecule is C=C1c2c(oc3ccccc3c2=O)C[C@@H](c2cccs2)[C@@H]1C. The second-order valence-corrected chi connectivity index (χ2v) is 6.84. The second-order valence-electron chi connectivity index (χ2n) is 5.87. The zero-order chi connectivity index (χ0) is 15.3. The quantitative estimate of drug-likeness (QED) is 0.643. The average molecular weight is 308 g/mol. The van der Waals surface area contributed by atoms with Gasteiger partial charge in [0.2, 0.25) is 0 Å². The van der Waals surface area contributed by atoms with Crippen LogP contribution in [0.25, 0.3) is 16.5 Å². The van der Waals surface area contributed by atoms with Crippen molar-refractivity contribution in [2.45, 2.75) is 19.3 Å². The lowest BCUT2D eigenvalue weighted by molar-refractivity contribution is 0.452. The third-order valence-corrected chi connectivity index (χ3v) is 5.66. The Labute approximate surface area is 132 Å². The van der Waals surface area contributed by atoms with Crippen LogP contribution in [0.4, 0.5) is 0 Å². The van der Waals surface area contributed by atoms with Gasteiger partial charge in [-0.05, 0) is 35.1 Å². The van der Waals surface area contributed by atoms with E-state index in [1.807, 2.05) is 24.3 Å². The molecular formula is C19H16O2S. The molecule has 0 N–H and O–H groups in total. The minimum absolute atomic E-state index is 0.0540. The first-order chi connectivity index (χ1) is 10.7. The van der Waals surface area contributed by atoms with Crippen LogP contribution in [0, 0.1) is 5.92 Å². The van der Waals surface area contributed by atoms with Gasteiger partial charge in [-0.2, -0.15) is 0 Å². The van der Waals surface area contributed by atoms with E-state index >= 15 is 0 Å². The third kappa shape index (κ3) is 1.89. The summed E-state index contributed by atoms with van der Waals surface area (Å²) >= 11 is 1.76. The summed E-state index contributed by atoms with van der Waals surface area (Å²) in [6.45, 7) is 6.37. The van der Waals surface area contributed by atoms with Gasteiger partial charge in [-0.1, -0.05) is 31.7 Å². The van der Waals surface area contributed by atoms with Gasteiger partial charge >= 0.3 is 0 Å². The Bertz CT molecular complexity index is 918. The molecule has 0 aliphatic heterocycles. The molecule has 2 aromatic heterocycles. The lowest BCUT2D eigenvalue weighted by Crippen LogP contribution is -2.25. The highest BCUT2D eigenvalue weighted by Crippen LogP contribution is 2.43. The van der Waals surface area contributed by atoms with Crippen molar-refractivity contribution in [2.75, 3.05) is 0 Å². The van der Waals surface area contributed by atoms with Crippen LogP contribution in [0.5, 0.6) is 0 Å². The van der Waals surface area contributed by atoms with Crippen LogP contribution in [0.3, 0.4) is 0 Å². The van der Waals surface area contributed by atoms with E-state index in [4.69, 9.17) is 4.42 Å². The Morgan fingerprint density at radius 1 is 1.23 bits per heavy atom. The van der Waals surface area contributed by atoms with Crippen LogP contribution < -0.4 is 5.43 Å². The van der Waals surface area contributed by atoms with E-state index in [1.54, 1.807) is 11.3 Å². The fraction of sp³-hybridized carbons (Fsp3) is 0.211. The zero-order valence-corrected chi connectivity index (χ0v) is 13.2. The van der Waals surface area contributed by atoms with E-state index in [9.17, 15) is 4.79 Å². The average Bonchev–Trinajstić information content (AvgIpc) is 3.05. The topological polar surface area (TPSA) is 30.2 Å². The summed E-state index contributed by atoms with van der Waals surface area (Å²) in [6.07, 6.45) is 0.760. The maximum atomic E-state index is 12.8. The third-order valence-electron chi connectivity index (χ3n) is 4.66. The molecular weight excluding hydrogens is 292 g/mol. The molecule has 110 valence electrons. The first-order valence-electron chi connectivity index (χ1n) is 7.44. The summed E-state index contributed by atoms with van der Waals surface area (Å²) in [7, 11) is 0. The van der Waals surface area contributed by atoms with Crippen molar-refractivity contribution < 1.29 is 4.42 Å². The van der Waals surface area contributed by atoms with Crippen molar-refractivity contribution in [2.24, 2.45) is 5.92 Å². The molecule has 1 aliphatic carbocycles. The largest absolute Gasteiger partial charge is 0.460 e. The number of fused-ring (bicyclic) bond motifs is 2. The van der Waals surface area contributed by atoms with E-state index in [1.165, 1.54) is 4.88 Å². The standard InChI is InChI=1S/C19H16O2S/c1-11-12(2)18-16(10-14(11)17-8-5-9-22-17)21-15-7-4-3-6-13(15)19(18)20/h3-9,11,14H,2,10H2,1H3/t11-,14-/m1/s1. The van der Waals surface area contributed by atoms with Crippen LogP contribution in [-0.4, -0.2) is 0 Å². The number of thiophene rings is 1. The Hall–Kier alpha value is -2.13. The van der Waals surface area contributed by atoms with Gasteiger partial charge in [0.05, 0.1) is 10.9 Å². The minimum Gasteiger partial charge on any atom is -0.460 e. The number of benzene rings is 1. The van der Waals surface area contributed by atoms with Crippen LogP contribution in [0.1, 0.15) is 29.0 Å². The van der Waals surface area contributed by atoms with Crippen LogP contribution in [0.2, 0.25) is 0 Å². The van der Waals surface area contributed by atoms with Gasteiger partial charge in [0.25, 0.3) is 0 Å². The van der Waals surface area contributed by atoms with Gasteiger partial charge in [-0.15, -0.1) is 11.3 Å². The van der Waals surface area contributed by atoms with E-state index in [2.05, 4.69) is 31.0 Å². The van der Waals surface area contributed by atoms with Gasteiger partial charge in [0.1, 0.15) is 11.3 Å². The van der Waals surface area contributed by atoms with Gasteiger partial charge in [0, 0.05) is 17.2 Å². The van der Waals surface area contributed by atoms with Crippen molar-refractivity contribution in [3.8, 4) is 0 Å². The summed E-state index contributed by atoms with van der Waals surface area (Å²) < 4.78 is 6.06. The second kappa shape index (κ2) is 4.96. The fourth-order valence-corrected chi connectivity index (χ4v) is 4.29. The molecule has 0 bridgehead atoms. The Morgan fingerprint density at radius 3 is 2.82 bits per heavy atom. The molecule has 3 aromatic rings. The van der Waals surface area contributed by atoms with Crippen LogP contribution in [0.15, 0.2) is 57.6 Å². The van der Waals surface area contributed by atoms with Gasteiger partial charge in [-0.3, -0.25) is 4.79 Å². The molecule has 0 radical (unpaired) electrons. The lowest BCUT2D eigenvalue weighted by atomic mass is 9.75. The molecule has 0 fully saturated rings. The molecule has 0 amide bonds. The number of hydrogen-bond donors (Lipinski definition) is 0. The van der Waals surface area contributed by atoms with Crippen LogP contribution in [-0.2, 0) is 6.42 Å². The van der Waals surface area contributed by atoms with E-state index in [-0.39, 0.29) is 11.3 Å². The van der Waals surface area contributed by atoms with Gasteiger partial charge < -0.3 is 4.42 Å². The maximum Gasteiger partial charge on any atom is 0.200 e. The fourth-order valence-electron chi connectivity index (χ4n) is 3.35. The lowest BCUT2D eigenvalue weighted by Gasteiger charge is -2.30. The molecule has 1 aliphatic rings. The Kier molecular flexibility index (Phi) is 3.05. The van der Waals surface area contributed by atoms with Gasteiger partial charge in [-0.25, -0.2) is 0 Å². The first-order valence-corrected chi connectivity index (χ1v) is 8.32. The number of rotatable bonds is 1. The maximum absolute atomic E-state index is 12.8. The van der Waals surface area contributed by atoms with E-state index in [0.29, 0.717) is 22.5 Å². The molecule has 1 aromatic carbocycles. The normalized spacial score (nSPS) is 21.0. The number of hydrogen-bond acceptors (Lipinski definition) is 3. The summed E-state index contributed by atoms with van der Waals surface area (Å²) in [5.41, 5.74) is 2.31. The summed E-state index contributed by atoms with van der Waals surface area (Å²) in [5.74, 6) is 1.37. The predicted molar refractivity (Wildman–Crippen MR) is 91.4 cm³/mol. The molecule has 2 heterocycles.